The van der Waals surface area contributed by atoms with E-state index in [9.17, 15) is 18.0 Å². The van der Waals surface area contributed by atoms with Gasteiger partial charge in [0.1, 0.15) is 0 Å². The Morgan fingerprint density at radius 3 is 2.58 bits per heavy atom. The number of alkyl halides is 4. The fraction of sp³-hybridized carbons (Fsp3) is 0.462. The molecule has 0 atom stereocenters. The third-order valence-electron chi connectivity index (χ3n) is 2.51. The van der Waals surface area contributed by atoms with E-state index in [0.717, 1.165) is 18.2 Å². The van der Waals surface area contributed by atoms with Gasteiger partial charge in [-0.3, -0.25) is 0 Å². The van der Waals surface area contributed by atoms with E-state index in [2.05, 4.69) is 0 Å². The monoisotopic (exact) mass is 294 g/mol. The Morgan fingerprint density at radius 2 is 2.05 bits per heavy atom. The minimum atomic E-state index is -4.43. The van der Waals surface area contributed by atoms with E-state index in [4.69, 9.17) is 16.3 Å². The van der Waals surface area contributed by atoms with Crippen molar-refractivity contribution in [2.45, 2.75) is 25.9 Å². The largest absolute Gasteiger partial charge is 0.462 e. The standard InChI is InChI=1S/C13H14ClF3O2/c1-2-19-12(18)11-6-5-10(13(15,16)17)8-9(11)4-3-7-14/h5-6,8H,2-4,7H2,1H3. The van der Waals surface area contributed by atoms with Gasteiger partial charge in [-0.15, -0.1) is 11.6 Å². The predicted octanol–water partition coefficient (Wildman–Crippen LogP) is 4.05. The molecule has 0 saturated carbocycles. The van der Waals surface area contributed by atoms with E-state index >= 15 is 0 Å². The molecule has 106 valence electrons. The van der Waals surface area contributed by atoms with Crippen LogP contribution in [0.1, 0.15) is 34.8 Å². The lowest BCUT2D eigenvalue weighted by Crippen LogP contribution is -2.12. The highest BCUT2D eigenvalue weighted by Gasteiger charge is 2.31. The van der Waals surface area contributed by atoms with Crippen LogP contribution in [0.5, 0.6) is 0 Å². The fourth-order valence-electron chi connectivity index (χ4n) is 1.64. The summed E-state index contributed by atoms with van der Waals surface area (Å²) in [5, 5.41) is 0. The molecule has 0 unspecified atom stereocenters. The second-order valence-electron chi connectivity index (χ2n) is 3.88. The normalized spacial score (nSPS) is 11.4. The van der Waals surface area contributed by atoms with Gasteiger partial charge in [-0.2, -0.15) is 13.2 Å². The second-order valence-corrected chi connectivity index (χ2v) is 4.26. The SMILES string of the molecule is CCOC(=O)c1ccc(C(F)(F)F)cc1CCCCl. The maximum atomic E-state index is 12.6. The van der Waals surface area contributed by atoms with E-state index in [0.29, 0.717) is 24.3 Å². The van der Waals surface area contributed by atoms with Crippen molar-refractivity contribution in [1.82, 2.24) is 0 Å². The Balaban J connectivity index is 3.12. The number of aryl methyl sites for hydroxylation is 1. The lowest BCUT2D eigenvalue weighted by Gasteiger charge is -2.12. The highest BCUT2D eigenvalue weighted by Crippen LogP contribution is 2.31. The van der Waals surface area contributed by atoms with Gasteiger partial charge in [-0.1, -0.05) is 0 Å². The van der Waals surface area contributed by atoms with Crippen LogP contribution >= 0.6 is 11.6 Å². The highest BCUT2D eigenvalue weighted by molar-refractivity contribution is 6.17. The minimum absolute atomic E-state index is 0.167. The number of carbonyl (C=O) groups is 1. The van der Waals surface area contributed by atoms with Crippen LogP contribution in [0, 0.1) is 0 Å². The second kappa shape index (κ2) is 6.80. The van der Waals surface area contributed by atoms with Gasteiger partial charge in [0.15, 0.2) is 0 Å². The van der Waals surface area contributed by atoms with Crippen LogP contribution in [-0.4, -0.2) is 18.5 Å². The average Bonchev–Trinajstić information content (AvgIpc) is 2.35. The molecule has 0 amide bonds. The first-order valence-corrected chi connectivity index (χ1v) is 6.36. The van der Waals surface area contributed by atoms with Crippen molar-refractivity contribution >= 4 is 17.6 Å². The smallest absolute Gasteiger partial charge is 0.416 e. The summed E-state index contributed by atoms with van der Waals surface area (Å²) in [6.07, 6.45) is -3.63. The molecule has 2 nitrogen and oxygen atoms in total. The Bertz CT molecular complexity index is 444. The summed E-state index contributed by atoms with van der Waals surface area (Å²) in [5.41, 5.74) is -0.293. The van der Waals surface area contributed by atoms with E-state index in [1.807, 2.05) is 0 Å². The number of hydrogen-bond acceptors (Lipinski definition) is 2. The molecule has 19 heavy (non-hydrogen) atoms. The number of rotatable bonds is 5. The molecule has 0 radical (unpaired) electrons. The van der Waals surface area contributed by atoms with Crippen LogP contribution in [0.25, 0.3) is 0 Å². The van der Waals surface area contributed by atoms with Gasteiger partial charge in [0.05, 0.1) is 17.7 Å². The van der Waals surface area contributed by atoms with E-state index in [1.165, 1.54) is 0 Å². The molecule has 1 aromatic rings. The van der Waals surface area contributed by atoms with E-state index < -0.39 is 17.7 Å². The molecule has 0 aliphatic rings. The fourth-order valence-corrected chi connectivity index (χ4v) is 1.78. The third-order valence-corrected chi connectivity index (χ3v) is 2.77. The van der Waals surface area contributed by atoms with E-state index in [1.54, 1.807) is 6.92 Å². The zero-order chi connectivity index (χ0) is 14.5. The Morgan fingerprint density at radius 1 is 1.37 bits per heavy atom. The van der Waals surface area contributed by atoms with Crippen molar-refractivity contribution < 1.29 is 22.7 Å². The molecule has 1 rings (SSSR count). The average molecular weight is 295 g/mol. The molecule has 1 aromatic carbocycles. The van der Waals surface area contributed by atoms with Gasteiger partial charge < -0.3 is 4.74 Å². The van der Waals surface area contributed by atoms with Gasteiger partial charge in [-0.25, -0.2) is 4.79 Å². The minimum Gasteiger partial charge on any atom is -0.462 e. The molecule has 0 N–H and O–H groups in total. The molecule has 0 bridgehead atoms. The van der Waals surface area contributed by atoms with Gasteiger partial charge >= 0.3 is 12.1 Å². The number of ether oxygens (including phenoxy) is 1. The van der Waals surface area contributed by atoms with Crippen LogP contribution in [0.15, 0.2) is 18.2 Å². The van der Waals surface area contributed by atoms with E-state index in [-0.39, 0.29) is 12.2 Å². The van der Waals surface area contributed by atoms with Crippen LogP contribution in [-0.2, 0) is 17.3 Å². The highest BCUT2D eigenvalue weighted by atomic mass is 35.5. The lowest BCUT2D eigenvalue weighted by atomic mass is 10.00. The van der Waals surface area contributed by atoms with Crippen LogP contribution in [0.2, 0.25) is 0 Å². The van der Waals surface area contributed by atoms with Crippen molar-refractivity contribution in [2.24, 2.45) is 0 Å². The molecule has 0 heterocycles. The molecule has 0 aliphatic heterocycles. The van der Waals surface area contributed by atoms with Crippen molar-refractivity contribution in [3.8, 4) is 0 Å². The number of benzene rings is 1. The Hall–Kier alpha value is -1.23. The number of esters is 1. The quantitative estimate of drug-likeness (QED) is 0.605. The Kier molecular flexibility index (Phi) is 5.66. The van der Waals surface area contributed by atoms with Gasteiger partial charge in [-0.05, 0) is 43.5 Å². The van der Waals surface area contributed by atoms with Gasteiger partial charge in [0.25, 0.3) is 0 Å². The first-order chi connectivity index (χ1) is 8.90. The maximum absolute atomic E-state index is 12.6. The van der Waals surface area contributed by atoms with Crippen LogP contribution < -0.4 is 0 Å². The summed E-state index contributed by atoms with van der Waals surface area (Å²) < 4.78 is 42.7. The molecule has 0 aromatic heterocycles. The first-order valence-electron chi connectivity index (χ1n) is 5.83. The van der Waals surface area contributed by atoms with Crippen molar-refractivity contribution in [2.75, 3.05) is 12.5 Å². The van der Waals surface area contributed by atoms with Crippen LogP contribution in [0.3, 0.4) is 0 Å². The number of hydrogen-bond donors (Lipinski definition) is 0. The van der Waals surface area contributed by atoms with Gasteiger partial charge in [0, 0.05) is 5.88 Å². The predicted molar refractivity (Wildman–Crippen MR) is 66.4 cm³/mol. The van der Waals surface area contributed by atoms with Gasteiger partial charge in [0.2, 0.25) is 0 Å². The number of halogens is 4. The van der Waals surface area contributed by atoms with Crippen molar-refractivity contribution in [1.29, 1.82) is 0 Å². The Labute approximate surface area is 114 Å². The summed E-state index contributed by atoms with van der Waals surface area (Å²) in [6, 6.07) is 3.03. The summed E-state index contributed by atoms with van der Waals surface area (Å²) in [7, 11) is 0. The van der Waals surface area contributed by atoms with Crippen molar-refractivity contribution in [3.63, 3.8) is 0 Å². The molecule has 0 spiro atoms. The molecule has 0 saturated heterocycles. The summed E-state index contributed by atoms with van der Waals surface area (Å²) >= 11 is 5.54. The molecular formula is C13H14ClF3O2. The lowest BCUT2D eigenvalue weighted by molar-refractivity contribution is -0.137. The summed E-state index contributed by atoms with van der Waals surface area (Å²) in [6.45, 7) is 1.81. The number of carbonyl (C=O) groups excluding carboxylic acids is 1. The first kappa shape index (κ1) is 15.8. The summed E-state index contributed by atoms with van der Waals surface area (Å²) in [4.78, 5) is 11.7. The summed E-state index contributed by atoms with van der Waals surface area (Å²) in [5.74, 6) is -0.292. The molecule has 0 aliphatic carbocycles. The van der Waals surface area contributed by atoms with Crippen molar-refractivity contribution in [3.05, 3.63) is 34.9 Å². The molecular weight excluding hydrogens is 281 g/mol. The zero-order valence-corrected chi connectivity index (χ0v) is 11.1. The zero-order valence-electron chi connectivity index (χ0n) is 10.4. The van der Waals surface area contributed by atoms with Crippen LogP contribution in [0.4, 0.5) is 13.2 Å². The molecule has 6 heteroatoms. The molecule has 0 fully saturated rings. The topological polar surface area (TPSA) is 26.3 Å². The maximum Gasteiger partial charge on any atom is 0.416 e. The third kappa shape index (κ3) is 4.42.